The van der Waals surface area contributed by atoms with E-state index in [2.05, 4.69) is 24.1 Å². The summed E-state index contributed by atoms with van der Waals surface area (Å²) in [5.41, 5.74) is 0.955. The first-order valence-electron chi connectivity index (χ1n) is 11.8. The number of carbonyl (C=O) groups is 2. The number of ketones is 1. The van der Waals surface area contributed by atoms with Crippen LogP contribution in [0.15, 0.2) is 76.7 Å². The number of halogens is 2. The lowest BCUT2D eigenvalue weighted by Crippen LogP contribution is -2.26. The lowest BCUT2D eigenvalue weighted by atomic mass is 10.1. The molecule has 4 rings (SSSR count). The summed E-state index contributed by atoms with van der Waals surface area (Å²) in [5, 5.41) is 3.35. The van der Waals surface area contributed by atoms with Crippen LogP contribution in [0.4, 0.5) is 8.78 Å². The van der Waals surface area contributed by atoms with E-state index in [4.69, 9.17) is 0 Å². The maximum Gasteiger partial charge on any atom is 0.266 e. The number of hydrogen-bond acceptors (Lipinski definition) is 5. The molecule has 0 aliphatic rings. The third-order valence-corrected chi connectivity index (χ3v) is 6.63. The van der Waals surface area contributed by atoms with Gasteiger partial charge in [-0.25, -0.2) is 13.8 Å². The van der Waals surface area contributed by atoms with Crippen LogP contribution >= 0.6 is 11.8 Å². The van der Waals surface area contributed by atoms with Gasteiger partial charge in [-0.2, -0.15) is 0 Å². The van der Waals surface area contributed by atoms with Gasteiger partial charge >= 0.3 is 0 Å². The molecule has 0 unspecified atom stereocenters. The summed E-state index contributed by atoms with van der Waals surface area (Å²) >= 11 is 1.03. The molecule has 0 saturated carbocycles. The fourth-order valence-electron chi connectivity index (χ4n) is 3.65. The Balaban J connectivity index is 1.71. The second kappa shape index (κ2) is 11.5. The summed E-state index contributed by atoms with van der Waals surface area (Å²) in [4.78, 5) is 43.4. The van der Waals surface area contributed by atoms with Crippen LogP contribution in [0.3, 0.4) is 0 Å². The lowest BCUT2D eigenvalue weighted by molar-refractivity contribution is 0.0951. The summed E-state index contributed by atoms with van der Waals surface area (Å²) in [6.45, 7) is 4.66. The second-order valence-electron chi connectivity index (χ2n) is 8.90. The minimum absolute atomic E-state index is 0.0693. The van der Waals surface area contributed by atoms with Crippen molar-refractivity contribution in [2.45, 2.75) is 25.4 Å². The molecule has 190 valence electrons. The smallest absolute Gasteiger partial charge is 0.266 e. The van der Waals surface area contributed by atoms with E-state index >= 15 is 0 Å². The Labute approximate surface area is 216 Å². The monoisotopic (exact) mass is 521 g/mol. The highest BCUT2D eigenvalue weighted by Gasteiger charge is 2.17. The van der Waals surface area contributed by atoms with Crippen molar-refractivity contribution < 1.29 is 18.4 Å². The lowest BCUT2D eigenvalue weighted by Gasteiger charge is -2.14. The summed E-state index contributed by atoms with van der Waals surface area (Å²) in [5.74, 6) is -1.08. The number of carbonyl (C=O) groups excluding carboxylic acids is 2. The van der Waals surface area contributed by atoms with Crippen LogP contribution in [0.1, 0.15) is 41.0 Å². The highest BCUT2D eigenvalue weighted by Crippen LogP contribution is 2.23. The molecule has 0 fully saturated rings. The molecule has 37 heavy (non-hydrogen) atoms. The van der Waals surface area contributed by atoms with Gasteiger partial charge in [0.15, 0.2) is 10.9 Å². The molecular weight excluding hydrogens is 496 g/mol. The number of nitrogens with zero attached hydrogens (tertiary/aromatic N) is 2. The van der Waals surface area contributed by atoms with Crippen LogP contribution < -0.4 is 10.9 Å². The van der Waals surface area contributed by atoms with Crippen molar-refractivity contribution >= 4 is 34.4 Å². The highest BCUT2D eigenvalue weighted by molar-refractivity contribution is 7.99. The first-order valence-corrected chi connectivity index (χ1v) is 12.7. The van der Waals surface area contributed by atoms with Gasteiger partial charge in [0.2, 0.25) is 0 Å². The van der Waals surface area contributed by atoms with Gasteiger partial charge in [0.25, 0.3) is 11.5 Å². The third-order valence-electron chi connectivity index (χ3n) is 5.69. The standard InChI is InChI=1S/C28H25F2N3O3S/c1-17(2)13-14-31-26(35)19-5-12-23-24(15-19)32-28(33(27(23)36)22-10-8-21(30)9-11-22)37-16-25(34)18-3-6-20(29)7-4-18/h3-12,15,17H,13-14,16H2,1-2H3,(H,31,35). The zero-order chi connectivity index (χ0) is 26.5. The Bertz CT molecular complexity index is 1500. The van der Waals surface area contributed by atoms with Crippen LogP contribution in [-0.2, 0) is 0 Å². The van der Waals surface area contributed by atoms with Gasteiger partial charge < -0.3 is 5.32 Å². The molecule has 0 radical (unpaired) electrons. The molecule has 1 amide bonds. The molecule has 1 heterocycles. The second-order valence-corrected chi connectivity index (χ2v) is 9.84. The Morgan fingerprint density at radius 1 is 0.946 bits per heavy atom. The molecule has 4 aromatic rings. The first-order chi connectivity index (χ1) is 17.7. The van der Waals surface area contributed by atoms with Gasteiger partial charge in [-0.05, 0) is 79.1 Å². The molecule has 0 aliphatic heterocycles. The number of hydrogen-bond donors (Lipinski definition) is 1. The van der Waals surface area contributed by atoms with Crippen molar-refractivity contribution in [2.75, 3.05) is 12.3 Å². The predicted octanol–water partition coefficient (Wildman–Crippen LogP) is 5.41. The van der Waals surface area contributed by atoms with E-state index in [1.165, 1.54) is 53.1 Å². The van der Waals surface area contributed by atoms with Gasteiger partial charge in [-0.15, -0.1) is 0 Å². The SMILES string of the molecule is CC(C)CCNC(=O)c1ccc2c(=O)n(-c3ccc(F)cc3)c(SCC(=O)c3ccc(F)cc3)nc2c1. The van der Waals surface area contributed by atoms with Crippen molar-refractivity contribution in [1.82, 2.24) is 14.9 Å². The van der Waals surface area contributed by atoms with Gasteiger partial charge in [0.05, 0.1) is 22.3 Å². The van der Waals surface area contributed by atoms with Crippen LogP contribution in [-0.4, -0.2) is 33.5 Å². The van der Waals surface area contributed by atoms with Gasteiger partial charge in [-0.3, -0.25) is 19.0 Å². The summed E-state index contributed by atoms with van der Waals surface area (Å²) in [6.07, 6.45) is 0.836. The molecule has 1 N–H and O–H groups in total. The molecular formula is C28H25F2N3O3S. The van der Waals surface area contributed by atoms with Crippen LogP contribution in [0.2, 0.25) is 0 Å². The number of nitrogens with one attached hydrogen (secondary N) is 1. The molecule has 0 atom stereocenters. The minimum atomic E-state index is -0.459. The predicted molar refractivity (Wildman–Crippen MR) is 141 cm³/mol. The van der Waals surface area contributed by atoms with Crippen LogP contribution in [0.5, 0.6) is 0 Å². The average Bonchev–Trinajstić information content (AvgIpc) is 2.88. The quantitative estimate of drug-likeness (QED) is 0.181. The average molecular weight is 522 g/mol. The summed E-state index contributed by atoms with van der Waals surface area (Å²) in [6, 6.07) is 15.2. The Hall–Kier alpha value is -3.85. The van der Waals surface area contributed by atoms with Crippen molar-refractivity contribution in [3.05, 3.63) is 99.8 Å². The van der Waals surface area contributed by atoms with E-state index in [1.54, 1.807) is 18.2 Å². The Kier molecular flexibility index (Phi) is 8.13. The minimum Gasteiger partial charge on any atom is -0.352 e. The van der Waals surface area contributed by atoms with E-state index in [9.17, 15) is 23.2 Å². The van der Waals surface area contributed by atoms with Crippen molar-refractivity contribution in [3.8, 4) is 5.69 Å². The van der Waals surface area contributed by atoms with E-state index in [0.717, 1.165) is 18.2 Å². The normalized spacial score (nSPS) is 11.2. The number of aromatic nitrogens is 2. The molecule has 9 heteroatoms. The van der Waals surface area contributed by atoms with E-state index in [-0.39, 0.29) is 28.0 Å². The van der Waals surface area contributed by atoms with Gasteiger partial charge in [0.1, 0.15) is 11.6 Å². The molecule has 0 saturated heterocycles. The van der Waals surface area contributed by atoms with Crippen LogP contribution in [0, 0.1) is 17.6 Å². The number of rotatable bonds is 9. The molecule has 0 bridgehead atoms. The van der Waals surface area contributed by atoms with Gasteiger partial charge in [0, 0.05) is 17.7 Å². The van der Waals surface area contributed by atoms with Crippen LogP contribution in [0.25, 0.3) is 16.6 Å². The van der Waals surface area contributed by atoms with E-state index in [1.807, 2.05) is 0 Å². The Morgan fingerprint density at radius 2 is 1.57 bits per heavy atom. The van der Waals surface area contributed by atoms with Crippen molar-refractivity contribution in [3.63, 3.8) is 0 Å². The zero-order valence-electron chi connectivity index (χ0n) is 20.3. The fourth-order valence-corrected chi connectivity index (χ4v) is 4.55. The number of amides is 1. The molecule has 3 aromatic carbocycles. The number of benzene rings is 3. The number of thioether (sulfide) groups is 1. The molecule has 1 aromatic heterocycles. The highest BCUT2D eigenvalue weighted by atomic mass is 32.2. The topological polar surface area (TPSA) is 81.1 Å². The number of Topliss-reactive ketones (excluding diaryl/α,β-unsaturated/α-hetero) is 1. The fraction of sp³-hybridized carbons (Fsp3) is 0.214. The van der Waals surface area contributed by atoms with Crippen molar-refractivity contribution in [2.24, 2.45) is 5.92 Å². The van der Waals surface area contributed by atoms with E-state index < -0.39 is 17.2 Å². The largest absolute Gasteiger partial charge is 0.352 e. The molecule has 0 aliphatic carbocycles. The zero-order valence-corrected chi connectivity index (χ0v) is 21.1. The first kappa shape index (κ1) is 26.2. The summed E-state index contributed by atoms with van der Waals surface area (Å²) in [7, 11) is 0. The van der Waals surface area contributed by atoms with E-state index in [0.29, 0.717) is 34.8 Å². The maximum absolute atomic E-state index is 13.6. The summed E-state index contributed by atoms with van der Waals surface area (Å²) < 4.78 is 28.1. The molecule has 0 spiro atoms. The van der Waals surface area contributed by atoms with Gasteiger partial charge in [-0.1, -0.05) is 25.6 Å². The Morgan fingerprint density at radius 3 is 2.22 bits per heavy atom. The third kappa shape index (κ3) is 6.29. The molecule has 6 nitrogen and oxygen atoms in total. The maximum atomic E-state index is 13.6. The number of fused-ring (bicyclic) bond motifs is 1. The van der Waals surface area contributed by atoms with Crippen molar-refractivity contribution in [1.29, 1.82) is 0 Å².